The van der Waals surface area contributed by atoms with E-state index in [0.29, 0.717) is 17.2 Å². The Labute approximate surface area is 198 Å². The lowest BCUT2D eigenvalue weighted by Crippen LogP contribution is -2.30. The molecule has 34 heavy (non-hydrogen) atoms. The van der Waals surface area contributed by atoms with Gasteiger partial charge in [-0.05, 0) is 55.5 Å². The summed E-state index contributed by atoms with van der Waals surface area (Å²) in [7, 11) is 0. The van der Waals surface area contributed by atoms with Crippen LogP contribution in [0, 0.1) is 10.1 Å². The predicted octanol–water partition coefficient (Wildman–Crippen LogP) is 4.95. The van der Waals surface area contributed by atoms with Crippen molar-refractivity contribution in [2.45, 2.75) is 13.0 Å². The molecule has 0 saturated heterocycles. The van der Waals surface area contributed by atoms with E-state index in [1.54, 1.807) is 18.2 Å². The molecule has 0 saturated carbocycles. The molecule has 0 radical (unpaired) electrons. The number of amides is 1. The molecule has 0 bridgehead atoms. The Kier molecular flexibility index (Phi) is 6.51. The number of anilines is 1. The first kappa shape index (κ1) is 22.9. The molecule has 3 aromatic rings. The van der Waals surface area contributed by atoms with E-state index in [-0.39, 0.29) is 34.6 Å². The molecule has 1 heterocycles. The van der Waals surface area contributed by atoms with Crippen LogP contribution in [0.15, 0.2) is 60.7 Å². The second-order valence-electron chi connectivity index (χ2n) is 7.10. The smallest absolute Gasteiger partial charge is 0.338 e. The quantitative estimate of drug-likeness (QED) is 0.283. The Morgan fingerprint density at radius 2 is 1.79 bits per heavy atom. The van der Waals surface area contributed by atoms with Crippen LogP contribution in [-0.2, 0) is 9.53 Å². The number of fused-ring (bicyclic) bond motifs is 1. The highest BCUT2D eigenvalue weighted by atomic mass is 35.5. The first-order valence-corrected chi connectivity index (χ1v) is 10.3. The Morgan fingerprint density at radius 1 is 1.06 bits per heavy atom. The van der Waals surface area contributed by atoms with Gasteiger partial charge in [0, 0.05) is 22.8 Å². The van der Waals surface area contributed by atoms with Crippen LogP contribution in [0.2, 0.25) is 5.02 Å². The minimum absolute atomic E-state index is 0.00135. The number of nitro benzene ring substituents is 1. The average Bonchev–Trinajstić information content (AvgIpc) is 3.28. The van der Waals surface area contributed by atoms with Crippen LogP contribution < -0.4 is 19.5 Å². The van der Waals surface area contributed by atoms with Gasteiger partial charge in [-0.3, -0.25) is 14.9 Å². The highest BCUT2D eigenvalue weighted by Crippen LogP contribution is 2.35. The zero-order chi connectivity index (χ0) is 24.2. The number of rotatable bonds is 7. The lowest BCUT2D eigenvalue weighted by molar-refractivity contribution is -0.385. The van der Waals surface area contributed by atoms with Crippen LogP contribution in [0.4, 0.5) is 11.4 Å². The fourth-order valence-corrected chi connectivity index (χ4v) is 3.17. The molecule has 11 heteroatoms. The summed E-state index contributed by atoms with van der Waals surface area (Å²) in [6, 6.07) is 14.7. The normalized spacial score (nSPS) is 12.5. The highest BCUT2D eigenvalue weighted by molar-refractivity contribution is 6.30. The Balaban J connectivity index is 1.36. The number of halogens is 1. The van der Waals surface area contributed by atoms with Gasteiger partial charge < -0.3 is 24.3 Å². The number of nitrogens with zero attached hydrogens (tertiary/aromatic N) is 1. The van der Waals surface area contributed by atoms with Gasteiger partial charge in [-0.15, -0.1) is 0 Å². The van der Waals surface area contributed by atoms with Crippen molar-refractivity contribution < 1.29 is 33.5 Å². The summed E-state index contributed by atoms with van der Waals surface area (Å²) in [6.07, 6.45) is -1.08. The van der Waals surface area contributed by atoms with Crippen molar-refractivity contribution in [2.24, 2.45) is 0 Å². The van der Waals surface area contributed by atoms with E-state index in [9.17, 15) is 19.7 Å². The first-order chi connectivity index (χ1) is 16.3. The third-order valence-corrected chi connectivity index (χ3v) is 4.96. The fraction of sp³-hybridized carbons (Fsp3) is 0.130. The number of hydrogen-bond acceptors (Lipinski definition) is 8. The van der Waals surface area contributed by atoms with E-state index in [1.807, 2.05) is 0 Å². The third-order valence-electron chi connectivity index (χ3n) is 4.73. The number of esters is 1. The summed E-state index contributed by atoms with van der Waals surface area (Å²) in [5.74, 6) is 0.0953. The molecule has 10 nitrogen and oxygen atoms in total. The maximum Gasteiger partial charge on any atom is 0.338 e. The number of ether oxygens (including phenoxy) is 4. The molecule has 3 aromatic carbocycles. The maximum absolute atomic E-state index is 12.4. The van der Waals surface area contributed by atoms with Crippen LogP contribution in [0.3, 0.4) is 0 Å². The highest BCUT2D eigenvalue weighted by Gasteiger charge is 2.21. The van der Waals surface area contributed by atoms with Crippen molar-refractivity contribution in [3.8, 4) is 23.0 Å². The first-order valence-electron chi connectivity index (χ1n) is 9.93. The number of carbonyl (C=O) groups is 2. The van der Waals surface area contributed by atoms with Crippen LogP contribution in [-0.4, -0.2) is 29.7 Å². The van der Waals surface area contributed by atoms with Crippen LogP contribution in [0.1, 0.15) is 17.3 Å². The van der Waals surface area contributed by atoms with Gasteiger partial charge in [0.15, 0.2) is 17.6 Å². The largest absolute Gasteiger partial charge is 0.454 e. The molecule has 4 rings (SSSR count). The number of carbonyl (C=O) groups excluding carboxylic acids is 2. The average molecular weight is 485 g/mol. The Bertz CT molecular complexity index is 1260. The predicted molar refractivity (Wildman–Crippen MR) is 121 cm³/mol. The molecule has 1 N–H and O–H groups in total. The molecule has 1 aliphatic heterocycles. The van der Waals surface area contributed by atoms with Crippen molar-refractivity contribution in [2.75, 3.05) is 12.1 Å². The number of nitro groups is 1. The van der Waals surface area contributed by atoms with Gasteiger partial charge in [0.25, 0.3) is 5.91 Å². The number of benzene rings is 3. The molecule has 0 aromatic heterocycles. The molecule has 0 spiro atoms. The van der Waals surface area contributed by atoms with Gasteiger partial charge in [-0.1, -0.05) is 11.6 Å². The van der Waals surface area contributed by atoms with Gasteiger partial charge in [0.1, 0.15) is 5.75 Å². The van der Waals surface area contributed by atoms with Crippen LogP contribution in [0.25, 0.3) is 0 Å². The minimum Gasteiger partial charge on any atom is -0.454 e. The maximum atomic E-state index is 12.4. The SMILES string of the molecule is C[C@@H](OC(=O)c1ccc(Oc2ccc(Cl)cc2[N+](=O)[O-])cc1)C(=O)Nc1ccc2c(c1)OCO2. The Morgan fingerprint density at radius 3 is 2.53 bits per heavy atom. The van der Waals surface area contributed by atoms with Crippen molar-refractivity contribution in [3.63, 3.8) is 0 Å². The van der Waals surface area contributed by atoms with E-state index < -0.39 is 22.9 Å². The molecule has 0 unspecified atom stereocenters. The van der Waals surface area contributed by atoms with Gasteiger partial charge in [-0.25, -0.2) is 4.79 Å². The summed E-state index contributed by atoms with van der Waals surface area (Å²) < 4.78 is 21.3. The van der Waals surface area contributed by atoms with E-state index in [4.69, 9.17) is 30.5 Å². The zero-order valence-electron chi connectivity index (χ0n) is 17.6. The van der Waals surface area contributed by atoms with E-state index in [0.717, 1.165) is 0 Å². The van der Waals surface area contributed by atoms with E-state index in [2.05, 4.69) is 5.32 Å². The lowest BCUT2D eigenvalue weighted by Gasteiger charge is -2.14. The summed E-state index contributed by atoms with van der Waals surface area (Å²) >= 11 is 5.80. The third kappa shape index (κ3) is 5.18. The number of nitrogens with one attached hydrogen (secondary N) is 1. The molecule has 1 atom stereocenters. The zero-order valence-corrected chi connectivity index (χ0v) is 18.4. The van der Waals surface area contributed by atoms with Crippen molar-refractivity contribution in [1.29, 1.82) is 0 Å². The second-order valence-corrected chi connectivity index (χ2v) is 7.54. The van der Waals surface area contributed by atoms with Crippen molar-refractivity contribution in [3.05, 3.63) is 81.4 Å². The molecule has 1 aliphatic rings. The molecule has 0 fully saturated rings. The van der Waals surface area contributed by atoms with Crippen LogP contribution in [0.5, 0.6) is 23.0 Å². The van der Waals surface area contributed by atoms with E-state index >= 15 is 0 Å². The molecule has 0 aliphatic carbocycles. The summed E-state index contributed by atoms with van der Waals surface area (Å²) in [4.78, 5) is 35.4. The van der Waals surface area contributed by atoms with Gasteiger partial charge >= 0.3 is 11.7 Å². The fourth-order valence-electron chi connectivity index (χ4n) is 3.01. The van der Waals surface area contributed by atoms with Gasteiger partial charge in [-0.2, -0.15) is 0 Å². The molecular weight excluding hydrogens is 468 g/mol. The summed E-state index contributed by atoms with van der Waals surface area (Å²) in [6.45, 7) is 1.55. The molecular formula is C23H17ClN2O8. The lowest BCUT2D eigenvalue weighted by atomic mass is 10.2. The second kappa shape index (κ2) is 9.67. The topological polar surface area (TPSA) is 126 Å². The Hall–Kier alpha value is -4.31. The standard InChI is InChI=1S/C23H17ClN2O8/c1-13(22(27)25-16-5-9-20-21(11-16)32-12-31-20)33-23(28)14-2-6-17(7-3-14)34-19-8-4-15(24)10-18(19)26(29)30/h2-11,13H,12H2,1H3,(H,25,27)/t13-/m1/s1. The molecule has 174 valence electrons. The van der Waals surface area contributed by atoms with Crippen LogP contribution >= 0.6 is 11.6 Å². The van der Waals surface area contributed by atoms with Crippen molar-refractivity contribution >= 4 is 34.9 Å². The van der Waals surface area contributed by atoms with Gasteiger partial charge in [0.2, 0.25) is 12.5 Å². The molecule has 1 amide bonds. The number of hydrogen-bond donors (Lipinski definition) is 1. The summed E-state index contributed by atoms with van der Waals surface area (Å²) in [5.41, 5.74) is 0.342. The van der Waals surface area contributed by atoms with Crippen molar-refractivity contribution in [1.82, 2.24) is 0 Å². The van der Waals surface area contributed by atoms with Gasteiger partial charge in [0.05, 0.1) is 10.5 Å². The minimum atomic E-state index is -1.08. The monoisotopic (exact) mass is 484 g/mol. The summed E-state index contributed by atoms with van der Waals surface area (Å²) in [5, 5.41) is 14.0. The van der Waals surface area contributed by atoms with E-state index in [1.165, 1.54) is 49.4 Å².